The molecule has 0 aliphatic rings. The van der Waals surface area contributed by atoms with E-state index in [4.69, 9.17) is 4.42 Å². The Kier molecular flexibility index (Phi) is 5.64. The van der Waals surface area contributed by atoms with Crippen molar-refractivity contribution in [2.75, 3.05) is 6.54 Å². The van der Waals surface area contributed by atoms with E-state index in [2.05, 4.69) is 5.32 Å². The minimum Gasteiger partial charge on any atom is -0.455 e. The summed E-state index contributed by atoms with van der Waals surface area (Å²) in [6.07, 6.45) is 0.228. The molecule has 0 fully saturated rings. The van der Waals surface area contributed by atoms with Crippen molar-refractivity contribution in [2.24, 2.45) is 0 Å². The quantitative estimate of drug-likeness (QED) is 0.647. The van der Waals surface area contributed by atoms with Crippen LogP contribution in [0, 0.1) is 5.82 Å². The van der Waals surface area contributed by atoms with Gasteiger partial charge >= 0.3 is 0 Å². The lowest BCUT2D eigenvalue weighted by Crippen LogP contribution is -2.83. The second-order valence-electron chi connectivity index (χ2n) is 6.19. The van der Waals surface area contributed by atoms with Gasteiger partial charge in [-0.1, -0.05) is 42.5 Å². The Morgan fingerprint density at radius 1 is 1.04 bits per heavy atom. The van der Waals surface area contributed by atoms with Crippen LogP contribution in [0.15, 0.2) is 65.1 Å². The molecule has 1 heterocycles. The summed E-state index contributed by atoms with van der Waals surface area (Å²) in [7, 11) is 0. The van der Waals surface area contributed by atoms with Gasteiger partial charge in [0.05, 0.1) is 12.6 Å². The fourth-order valence-corrected chi connectivity index (χ4v) is 2.77. The number of quaternary nitrogens is 1. The fraction of sp³-hybridized carbons (Fsp3) is 0.238. The standard InChI is InChI=1S/C21H22FNO2/c1-15(24)16-6-8-18(9-7-16)21-11-10-19(25-21)14-23-13-12-17-4-2-3-5-20(17)22/h2-11,15,23-24H,12-14H2,1H3/p+1/t15-/m0/s1. The highest BCUT2D eigenvalue weighted by Crippen LogP contribution is 2.23. The maximum atomic E-state index is 13.6. The smallest absolute Gasteiger partial charge is 0.158 e. The number of aliphatic hydroxyl groups is 1. The molecule has 0 spiro atoms. The third kappa shape index (κ3) is 4.56. The van der Waals surface area contributed by atoms with E-state index in [1.54, 1.807) is 13.0 Å². The molecule has 25 heavy (non-hydrogen) atoms. The maximum absolute atomic E-state index is 13.6. The van der Waals surface area contributed by atoms with Gasteiger partial charge in [0.2, 0.25) is 0 Å². The largest absolute Gasteiger partial charge is 0.455 e. The van der Waals surface area contributed by atoms with Crippen molar-refractivity contribution < 1.29 is 19.2 Å². The van der Waals surface area contributed by atoms with Crippen LogP contribution in [-0.2, 0) is 13.0 Å². The second kappa shape index (κ2) is 8.10. The number of rotatable bonds is 7. The zero-order chi connectivity index (χ0) is 17.6. The molecule has 3 nitrogen and oxygen atoms in total. The molecule has 1 atom stereocenters. The van der Waals surface area contributed by atoms with E-state index in [0.717, 1.165) is 41.3 Å². The topological polar surface area (TPSA) is 50.0 Å². The highest BCUT2D eigenvalue weighted by atomic mass is 19.1. The predicted molar refractivity (Wildman–Crippen MR) is 95.4 cm³/mol. The van der Waals surface area contributed by atoms with Crippen molar-refractivity contribution in [1.29, 1.82) is 0 Å². The SMILES string of the molecule is C[C@H](O)c1ccc(-c2ccc(C[NH2+]CCc3ccccc3F)o2)cc1. The van der Waals surface area contributed by atoms with Crippen molar-refractivity contribution in [3.05, 3.63) is 83.4 Å². The highest BCUT2D eigenvalue weighted by molar-refractivity contribution is 5.58. The zero-order valence-corrected chi connectivity index (χ0v) is 14.3. The van der Waals surface area contributed by atoms with Crippen LogP contribution < -0.4 is 5.32 Å². The normalized spacial score (nSPS) is 12.3. The Labute approximate surface area is 147 Å². The van der Waals surface area contributed by atoms with Crippen LogP contribution in [-0.4, -0.2) is 11.7 Å². The summed E-state index contributed by atoms with van der Waals surface area (Å²) in [5, 5.41) is 11.7. The van der Waals surface area contributed by atoms with Gasteiger partial charge in [0.15, 0.2) is 5.76 Å². The van der Waals surface area contributed by atoms with Gasteiger partial charge < -0.3 is 14.8 Å². The Morgan fingerprint density at radius 2 is 1.80 bits per heavy atom. The van der Waals surface area contributed by atoms with E-state index < -0.39 is 6.10 Å². The molecule has 0 amide bonds. The van der Waals surface area contributed by atoms with Gasteiger partial charge in [-0.2, -0.15) is 0 Å². The molecule has 3 rings (SSSR count). The van der Waals surface area contributed by atoms with Crippen molar-refractivity contribution in [2.45, 2.75) is 26.0 Å². The van der Waals surface area contributed by atoms with Crippen LogP contribution in [0.1, 0.15) is 29.9 Å². The minimum atomic E-state index is -0.467. The first-order valence-corrected chi connectivity index (χ1v) is 8.55. The average molecular weight is 340 g/mol. The molecule has 4 heteroatoms. The van der Waals surface area contributed by atoms with E-state index in [0.29, 0.717) is 6.42 Å². The Morgan fingerprint density at radius 3 is 2.52 bits per heavy atom. The van der Waals surface area contributed by atoms with E-state index in [1.165, 1.54) is 6.07 Å². The highest BCUT2D eigenvalue weighted by Gasteiger charge is 2.08. The molecule has 0 aliphatic carbocycles. The summed E-state index contributed by atoms with van der Waals surface area (Å²) in [6.45, 7) is 3.28. The first-order valence-electron chi connectivity index (χ1n) is 8.55. The minimum absolute atomic E-state index is 0.142. The molecule has 0 saturated carbocycles. The first kappa shape index (κ1) is 17.4. The molecule has 130 valence electrons. The van der Waals surface area contributed by atoms with Crippen molar-refractivity contribution in [3.63, 3.8) is 0 Å². The lowest BCUT2D eigenvalue weighted by Gasteiger charge is -2.05. The lowest BCUT2D eigenvalue weighted by atomic mass is 10.1. The number of benzene rings is 2. The fourth-order valence-electron chi connectivity index (χ4n) is 2.77. The number of furan rings is 1. The molecule has 2 aromatic carbocycles. The summed E-state index contributed by atoms with van der Waals surface area (Å²) >= 11 is 0. The van der Waals surface area contributed by atoms with Crippen molar-refractivity contribution in [3.8, 4) is 11.3 Å². The van der Waals surface area contributed by atoms with E-state index in [1.807, 2.05) is 48.5 Å². The van der Waals surface area contributed by atoms with Crippen molar-refractivity contribution >= 4 is 0 Å². The van der Waals surface area contributed by atoms with Crippen LogP contribution in [0.3, 0.4) is 0 Å². The van der Waals surface area contributed by atoms with Gasteiger partial charge in [0.1, 0.15) is 18.1 Å². The zero-order valence-electron chi connectivity index (χ0n) is 14.3. The van der Waals surface area contributed by atoms with Gasteiger partial charge in [-0.3, -0.25) is 0 Å². The molecule has 0 radical (unpaired) electrons. The number of nitrogens with two attached hydrogens (primary N) is 1. The number of hydrogen-bond donors (Lipinski definition) is 2. The molecule has 3 N–H and O–H groups in total. The van der Waals surface area contributed by atoms with Crippen LogP contribution in [0.4, 0.5) is 4.39 Å². The van der Waals surface area contributed by atoms with Crippen LogP contribution in [0.2, 0.25) is 0 Å². The Hall–Kier alpha value is -2.43. The summed E-state index contributed by atoms with van der Waals surface area (Å²) in [5.41, 5.74) is 2.62. The lowest BCUT2D eigenvalue weighted by molar-refractivity contribution is -0.671. The van der Waals surface area contributed by atoms with Gasteiger partial charge in [-0.25, -0.2) is 4.39 Å². The summed E-state index contributed by atoms with van der Waals surface area (Å²) in [5.74, 6) is 1.56. The average Bonchev–Trinajstić information content (AvgIpc) is 3.09. The van der Waals surface area contributed by atoms with Gasteiger partial charge in [-0.05, 0) is 36.2 Å². The van der Waals surface area contributed by atoms with E-state index in [-0.39, 0.29) is 5.82 Å². The summed E-state index contributed by atoms with van der Waals surface area (Å²) in [4.78, 5) is 0. The third-order valence-electron chi connectivity index (χ3n) is 4.26. The van der Waals surface area contributed by atoms with Gasteiger partial charge in [-0.15, -0.1) is 0 Å². The monoisotopic (exact) mass is 340 g/mol. The Balaban J connectivity index is 1.52. The summed E-state index contributed by atoms with van der Waals surface area (Å²) in [6, 6.07) is 18.5. The van der Waals surface area contributed by atoms with Crippen LogP contribution in [0.25, 0.3) is 11.3 Å². The molecule has 1 aromatic heterocycles. The van der Waals surface area contributed by atoms with Gasteiger partial charge in [0, 0.05) is 12.0 Å². The first-order chi connectivity index (χ1) is 12.1. The number of aliphatic hydroxyl groups excluding tert-OH is 1. The van der Waals surface area contributed by atoms with Crippen LogP contribution in [0.5, 0.6) is 0 Å². The Bertz CT molecular complexity index is 809. The number of hydrogen-bond acceptors (Lipinski definition) is 2. The molecule has 3 aromatic rings. The molecule has 0 saturated heterocycles. The van der Waals surface area contributed by atoms with Crippen molar-refractivity contribution in [1.82, 2.24) is 0 Å². The number of halogens is 1. The van der Waals surface area contributed by atoms with E-state index in [9.17, 15) is 9.50 Å². The molecular formula is C21H23FNO2+. The van der Waals surface area contributed by atoms with Gasteiger partial charge in [0.25, 0.3) is 0 Å². The second-order valence-corrected chi connectivity index (χ2v) is 6.19. The maximum Gasteiger partial charge on any atom is 0.158 e. The van der Waals surface area contributed by atoms with Crippen LogP contribution >= 0.6 is 0 Å². The predicted octanol–water partition coefficient (Wildman–Crippen LogP) is 3.45. The molecule has 0 aliphatic heterocycles. The molecule has 0 unspecified atom stereocenters. The van der Waals surface area contributed by atoms with E-state index >= 15 is 0 Å². The third-order valence-corrected chi connectivity index (χ3v) is 4.26. The molecule has 0 bridgehead atoms. The summed E-state index contributed by atoms with van der Waals surface area (Å²) < 4.78 is 19.4. The molecular weight excluding hydrogens is 317 g/mol.